The smallest absolute Gasteiger partial charge is 0.140 e. The van der Waals surface area contributed by atoms with Crippen molar-refractivity contribution < 1.29 is 9.47 Å². The van der Waals surface area contributed by atoms with Gasteiger partial charge < -0.3 is 9.47 Å². The van der Waals surface area contributed by atoms with Gasteiger partial charge in [-0.25, -0.2) is 0 Å². The van der Waals surface area contributed by atoms with Crippen molar-refractivity contribution in [2.24, 2.45) is 0 Å². The van der Waals surface area contributed by atoms with E-state index in [4.69, 9.17) is 9.47 Å². The minimum absolute atomic E-state index is 0.0184. The van der Waals surface area contributed by atoms with Gasteiger partial charge in [0.05, 0.1) is 13.2 Å². The maximum absolute atomic E-state index is 6.06. The van der Waals surface area contributed by atoms with Crippen LogP contribution in [0.5, 0.6) is 5.75 Å². The van der Waals surface area contributed by atoms with E-state index in [-0.39, 0.29) is 6.10 Å². The van der Waals surface area contributed by atoms with Crippen LogP contribution in [0.2, 0.25) is 0 Å². The van der Waals surface area contributed by atoms with Gasteiger partial charge in [-0.1, -0.05) is 54.6 Å². The minimum Gasteiger partial charge on any atom is -0.484 e. The Bertz CT molecular complexity index is 590. The molecule has 0 amide bonds. The largest absolute Gasteiger partial charge is 0.484 e. The number of allylic oxidation sites excluding steroid dienone is 1. The number of benzene rings is 2. The first-order valence-electron chi connectivity index (χ1n) is 7.45. The SMILES string of the molecule is C1=C\[C@H](COCc2ccccc2)Oc2ccccc2CC/1. The molecule has 0 radical (unpaired) electrons. The van der Waals surface area contributed by atoms with Gasteiger partial charge in [0.2, 0.25) is 0 Å². The zero-order chi connectivity index (χ0) is 14.3. The van der Waals surface area contributed by atoms with Gasteiger partial charge in [-0.05, 0) is 36.1 Å². The molecule has 0 aromatic heterocycles. The van der Waals surface area contributed by atoms with Crippen molar-refractivity contribution in [1.82, 2.24) is 0 Å². The highest BCUT2D eigenvalue weighted by molar-refractivity contribution is 5.34. The summed E-state index contributed by atoms with van der Waals surface area (Å²) >= 11 is 0. The van der Waals surface area contributed by atoms with Crippen LogP contribution < -0.4 is 4.74 Å². The third-order valence-electron chi connectivity index (χ3n) is 3.58. The molecule has 0 aliphatic carbocycles. The van der Waals surface area contributed by atoms with Crippen molar-refractivity contribution in [3.63, 3.8) is 0 Å². The number of rotatable bonds is 4. The number of aryl methyl sites for hydroxylation is 1. The number of hydrogen-bond acceptors (Lipinski definition) is 2. The van der Waals surface area contributed by atoms with Gasteiger partial charge in [-0.2, -0.15) is 0 Å². The Morgan fingerprint density at radius 1 is 1.00 bits per heavy atom. The summed E-state index contributed by atoms with van der Waals surface area (Å²) in [5.41, 5.74) is 2.46. The maximum atomic E-state index is 6.06. The molecule has 3 rings (SSSR count). The third kappa shape index (κ3) is 3.96. The van der Waals surface area contributed by atoms with E-state index in [0.29, 0.717) is 13.2 Å². The molecule has 1 atom stereocenters. The van der Waals surface area contributed by atoms with Crippen LogP contribution in [0.25, 0.3) is 0 Å². The fraction of sp³-hybridized carbons (Fsp3) is 0.263. The van der Waals surface area contributed by atoms with Gasteiger partial charge in [-0.15, -0.1) is 0 Å². The Labute approximate surface area is 126 Å². The summed E-state index contributed by atoms with van der Waals surface area (Å²) in [6.07, 6.45) is 6.36. The number of hydrogen-bond donors (Lipinski definition) is 0. The predicted molar refractivity (Wildman–Crippen MR) is 84.4 cm³/mol. The highest BCUT2D eigenvalue weighted by Crippen LogP contribution is 2.23. The molecular formula is C19H20O2. The molecule has 0 spiro atoms. The third-order valence-corrected chi connectivity index (χ3v) is 3.58. The molecule has 0 saturated heterocycles. The van der Waals surface area contributed by atoms with Crippen LogP contribution in [0.3, 0.4) is 0 Å². The topological polar surface area (TPSA) is 18.5 Å². The zero-order valence-corrected chi connectivity index (χ0v) is 12.1. The summed E-state index contributed by atoms with van der Waals surface area (Å²) in [5.74, 6) is 0.982. The number of ether oxygens (including phenoxy) is 2. The van der Waals surface area contributed by atoms with Gasteiger partial charge in [0.1, 0.15) is 11.9 Å². The summed E-state index contributed by atoms with van der Waals surface area (Å²) in [6, 6.07) is 18.5. The second-order valence-corrected chi connectivity index (χ2v) is 5.23. The molecule has 0 fully saturated rings. The van der Waals surface area contributed by atoms with Crippen molar-refractivity contribution in [3.05, 3.63) is 77.9 Å². The lowest BCUT2D eigenvalue weighted by molar-refractivity contribution is 0.0601. The molecule has 2 aromatic carbocycles. The molecule has 2 aromatic rings. The number of para-hydroxylation sites is 1. The molecule has 2 nitrogen and oxygen atoms in total. The monoisotopic (exact) mass is 280 g/mol. The van der Waals surface area contributed by atoms with E-state index in [1.807, 2.05) is 30.3 Å². The van der Waals surface area contributed by atoms with Gasteiger partial charge in [0.15, 0.2) is 0 Å². The zero-order valence-electron chi connectivity index (χ0n) is 12.1. The van der Waals surface area contributed by atoms with E-state index in [0.717, 1.165) is 18.6 Å². The fourth-order valence-corrected chi connectivity index (χ4v) is 2.47. The fourth-order valence-electron chi connectivity index (χ4n) is 2.47. The van der Waals surface area contributed by atoms with E-state index >= 15 is 0 Å². The molecule has 1 heterocycles. The Morgan fingerprint density at radius 2 is 1.81 bits per heavy atom. The first-order chi connectivity index (χ1) is 10.4. The normalized spacial score (nSPS) is 19.0. The minimum atomic E-state index is -0.0184. The summed E-state index contributed by atoms with van der Waals surface area (Å²) in [6.45, 7) is 1.19. The van der Waals surface area contributed by atoms with Crippen LogP contribution in [0, 0.1) is 0 Å². The van der Waals surface area contributed by atoms with E-state index in [2.05, 4.69) is 36.4 Å². The Hall–Kier alpha value is -2.06. The molecule has 0 N–H and O–H groups in total. The van der Waals surface area contributed by atoms with Crippen LogP contribution in [0.4, 0.5) is 0 Å². The van der Waals surface area contributed by atoms with E-state index < -0.39 is 0 Å². The molecule has 2 heteroatoms. The van der Waals surface area contributed by atoms with Crippen molar-refractivity contribution in [1.29, 1.82) is 0 Å². The Balaban J connectivity index is 1.58. The summed E-state index contributed by atoms with van der Waals surface area (Å²) in [5, 5.41) is 0. The van der Waals surface area contributed by atoms with Gasteiger partial charge >= 0.3 is 0 Å². The van der Waals surface area contributed by atoms with Crippen molar-refractivity contribution in [2.45, 2.75) is 25.6 Å². The molecule has 0 saturated carbocycles. The first kappa shape index (κ1) is 13.9. The summed E-state index contributed by atoms with van der Waals surface area (Å²) in [7, 11) is 0. The predicted octanol–water partition coefficient (Wildman–Crippen LogP) is 4.15. The second-order valence-electron chi connectivity index (χ2n) is 5.23. The van der Waals surface area contributed by atoms with Crippen LogP contribution in [-0.2, 0) is 17.8 Å². The second kappa shape index (κ2) is 7.09. The van der Waals surface area contributed by atoms with E-state index in [1.165, 1.54) is 11.1 Å². The van der Waals surface area contributed by atoms with Gasteiger partial charge in [-0.3, -0.25) is 0 Å². The number of fused-ring (bicyclic) bond motifs is 1. The van der Waals surface area contributed by atoms with Crippen LogP contribution in [-0.4, -0.2) is 12.7 Å². The average Bonchev–Trinajstić information content (AvgIpc) is 2.51. The van der Waals surface area contributed by atoms with Gasteiger partial charge in [0.25, 0.3) is 0 Å². The summed E-state index contributed by atoms with van der Waals surface area (Å²) in [4.78, 5) is 0. The van der Waals surface area contributed by atoms with Crippen LogP contribution in [0.15, 0.2) is 66.7 Å². The van der Waals surface area contributed by atoms with Crippen LogP contribution in [0.1, 0.15) is 17.5 Å². The standard InChI is InChI=1S/C19H20O2/c1-2-8-16(9-3-1)14-20-15-18-12-6-4-10-17-11-5-7-13-19(17)21-18/h1-3,5-9,11-13,18H,4,10,14-15H2/b12-6-/t18-/m1/s1. The Kier molecular flexibility index (Phi) is 4.70. The maximum Gasteiger partial charge on any atom is 0.140 e. The quantitative estimate of drug-likeness (QED) is 0.783. The molecule has 108 valence electrons. The molecule has 1 aliphatic rings. The van der Waals surface area contributed by atoms with E-state index in [9.17, 15) is 0 Å². The lowest BCUT2D eigenvalue weighted by atomic mass is 10.1. The van der Waals surface area contributed by atoms with Crippen molar-refractivity contribution >= 4 is 0 Å². The lowest BCUT2D eigenvalue weighted by Gasteiger charge is -2.20. The Morgan fingerprint density at radius 3 is 2.71 bits per heavy atom. The average molecular weight is 280 g/mol. The van der Waals surface area contributed by atoms with Crippen LogP contribution >= 0.6 is 0 Å². The molecule has 0 bridgehead atoms. The first-order valence-corrected chi connectivity index (χ1v) is 7.45. The van der Waals surface area contributed by atoms with Crippen molar-refractivity contribution in [3.8, 4) is 5.75 Å². The molecule has 21 heavy (non-hydrogen) atoms. The highest BCUT2D eigenvalue weighted by Gasteiger charge is 2.12. The highest BCUT2D eigenvalue weighted by atomic mass is 16.5. The summed E-state index contributed by atoms with van der Waals surface area (Å²) < 4.78 is 11.9. The van der Waals surface area contributed by atoms with Gasteiger partial charge in [0, 0.05) is 0 Å². The lowest BCUT2D eigenvalue weighted by Crippen LogP contribution is -2.22. The molecular weight excluding hydrogens is 260 g/mol. The van der Waals surface area contributed by atoms with Crippen molar-refractivity contribution in [2.75, 3.05) is 6.61 Å². The molecule has 1 aliphatic heterocycles. The molecule has 0 unspecified atom stereocenters. The van der Waals surface area contributed by atoms with E-state index in [1.54, 1.807) is 0 Å².